The van der Waals surface area contributed by atoms with E-state index >= 15 is 0 Å². The number of fused-ring (bicyclic) bond motifs is 1. The average molecular weight is 261 g/mol. The Morgan fingerprint density at radius 3 is 2.79 bits per heavy atom. The molecule has 0 amide bonds. The molecule has 2 aromatic rings. The summed E-state index contributed by atoms with van der Waals surface area (Å²) in [5, 5.41) is 3.16. The van der Waals surface area contributed by atoms with Crippen LogP contribution in [0.15, 0.2) is 36.4 Å². The van der Waals surface area contributed by atoms with Gasteiger partial charge in [0.25, 0.3) is 0 Å². The Bertz CT molecular complexity index is 628. The smallest absolute Gasteiger partial charge is 0.144 e. The van der Waals surface area contributed by atoms with Crippen molar-refractivity contribution in [2.24, 2.45) is 0 Å². The maximum absolute atomic E-state index is 13.9. The van der Waals surface area contributed by atoms with Crippen LogP contribution in [0.4, 0.5) is 14.5 Å². The van der Waals surface area contributed by atoms with Crippen molar-refractivity contribution in [2.45, 2.75) is 13.0 Å². The Morgan fingerprint density at radius 2 is 1.95 bits per heavy atom. The van der Waals surface area contributed by atoms with E-state index in [1.807, 2.05) is 18.2 Å². The standard InChI is InChI=1S/C15H13F2NO/c1-9-6-12(17)10(7-11(9)16)15-8-18-13-4-2-3-5-14(13)19-15/h2-7,15,18H,8H2,1H3. The summed E-state index contributed by atoms with van der Waals surface area (Å²) in [4.78, 5) is 0. The monoisotopic (exact) mass is 261 g/mol. The van der Waals surface area contributed by atoms with Crippen molar-refractivity contribution in [3.8, 4) is 5.75 Å². The van der Waals surface area contributed by atoms with Crippen LogP contribution in [0.1, 0.15) is 17.2 Å². The number of benzene rings is 2. The second-order valence-electron chi connectivity index (χ2n) is 4.61. The quantitative estimate of drug-likeness (QED) is 0.842. The molecule has 4 heteroatoms. The van der Waals surface area contributed by atoms with E-state index in [-0.39, 0.29) is 5.56 Å². The molecule has 0 fully saturated rings. The molecule has 0 aromatic heterocycles. The van der Waals surface area contributed by atoms with Crippen molar-refractivity contribution in [1.82, 2.24) is 0 Å². The number of halogens is 2. The Balaban J connectivity index is 1.95. The van der Waals surface area contributed by atoms with Gasteiger partial charge in [-0.2, -0.15) is 0 Å². The summed E-state index contributed by atoms with van der Waals surface area (Å²) in [6.45, 7) is 1.95. The molecule has 3 rings (SSSR count). The van der Waals surface area contributed by atoms with Crippen LogP contribution in [0, 0.1) is 18.6 Å². The van der Waals surface area contributed by atoms with Gasteiger partial charge in [0.15, 0.2) is 0 Å². The largest absolute Gasteiger partial charge is 0.482 e. The third kappa shape index (κ3) is 2.14. The van der Waals surface area contributed by atoms with E-state index in [1.165, 1.54) is 19.1 Å². The molecule has 2 aromatic carbocycles. The van der Waals surface area contributed by atoms with Crippen LogP contribution in [0.5, 0.6) is 5.75 Å². The number of hydrogen-bond acceptors (Lipinski definition) is 2. The summed E-state index contributed by atoms with van der Waals surface area (Å²) in [6.07, 6.45) is -0.523. The maximum atomic E-state index is 13.9. The molecule has 0 saturated carbocycles. The third-order valence-electron chi connectivity index (χ3n) is 3.26. The number of para-hydroxylation sites is 2. The van der Waals surface area contributed by atoms with Crippen molar-refractivity contribution in [3.63, 3.8) is 0 Å². The minimum atomic E-state index is -0.523. The van der Waals surface area contributed by atoms with Gasteiger partial charge >= 0.3 is 0 Å². The summed E-state index contributed by atoms with van der Waals surface area (Å²) >= 11 is 0. The highest BCUT2D eigenvalue weighted by Crippen LogP contribution is 2.34. The lowest BCUT2D eigenvalue weighted by Gasteiger charge is -2.28. The van der Waals surface area contributed by atoms with Crippen LogP contribution in [0.25, 0.3) is 0 Å². The van der Waals surface area contributed by atoms with Gasteiger partial charge in [-0.3, -0.25) is 0 Å². The van der Waals surface area contributed by atoms with Gasteiger partial charge in [0, 0.05) is 5.56 Å². The van der Waals surface area contributed by atoms with E-state index in [1.54, 1.807) is 6.07 Å². The first-order valence-electron chi connectivity index (χ1n) is 6.10. The number of rotatable bonds is 1. The summed E-state index contributed by atoms with van der Waals surface area (Å²) in [5.41, 5.74) is 1.40. The predicted octanol–water partition coefficient (Wildman–Crippen LogP) is 3.82. The van der Waals surface area contributed by atoms with E-state index in [0.717, 1.165) is 5.69 Å². The fraction of sp³-hybridized carbons (Fsp3) is 0.200. The van der Waals surface area contributed by atoms with Crippen LogP contribution in [-0.4, -0.2) is 6.54 Å². The molecule has 0 bridgehead atoms. The van der Waals surface area contributed by atoms with Gasteiger partial charge in [-0.1, -0.05) is 12.1 Å². The second kappa shape index (κ2) is 4.53. The molecule has 1 heterocycles. The molecular weight excluding hydrogens is 248 g/mol. The van der Waals surface area contributed by atoms with Gasteiger partial charge in [-0.15, -0.1) is 0 Å². The molecule has 0 aliphatic carbocycles. The fourth-order valence-corrected chi connectivity index (χ4v) is 2.19. The number of aryl methyl sites for hydroxylation is 1. The molecular formula is C15H13F2NO. The van der Waals surface area contributed by atoms with Crippen molar-refractivity contribution >= 4 is 5.69 Å². The lowest BCUT2D eigenvalue weighted by Crippen LogP contribution is -2.24. The second-order valence-corrected chi connectivity index (χ2v) is 4.61. The van der Waals surface area contributed by atoms with Gasteiger partial charge < -0.3 is 10.1 Å². The molecule has 98 valence electrons. The minimum absolute atomic E-state index is 0.241. The van der Waals surface area contributed by atoms with Crippen molar-refractivity contribution in [1.29, 1.82) is 0 Å². The average Bonchev–Trinajstić information content (AvgIpc) is 2.42. The number of ether oxygens (including phenoxy) is 1. The van der Waals surface area contributed by atoms with E-state index in [2.05, 4.69) is 5.32 Å². The molecule has 1 aliphatic heterocycles. The Labute approximate surface area is 110 Å². The summed E-state index contributed by atoms with van der Waals surface area (Å²) < 4.78 is 33.2. The van der Waals surface area contributed by atoms with Crippen LogP contribution in [0.2, 0.25) is 0 Å². The van der Waals surface area contributed by atoms with Gasteiger partial charge in [0.1, 0.15) is 23.5 Å². The highest BCUT2D eigenvalue weighted by Gasteiger charge is 2.24. The van der Waals surface area contributed by atoms with Crippen LogP contribution in [-0.2, 0) is 0 Å². The van der Waals surface area contributed by atoms with Crippen LogP contribution in [0.3, 0.4) is 0 Å². The zero-order valence-corrected chi connectivity index (χ0v) is 10.4. The highest BCUT2D eigenvalue weighted by molar-refractivity contribution is 5.58. The Kier molecular flexibility index (Phi) is 2.85. The van der Waals surface area contributed by atoms with Crippen molar-refractivity contribution in [3.05, 3.63) is 59.2 Å². The normalized spacial score (nSPS) is 17.3. The predicted molar refractivity (Wildman–Crippen MR) is 69.4 cm³/mol. The molecule has 0 radical (unpaired) electrons. The Morgan fingerprint density at radius 1 is 1.16 bits per heavy atom. The first kappa shape index (κ1) is 12.0. The SMILES string of the molecule is Cc1cc(F)c(C2CNc3ccccc3O2)cc1F. The zero-order valence-electron chi connectivity index (χ0n) is 10.4. The summed E-state index contributed by atoms with van der Waals surface area (Å²) in [5.74, 6) is -0.205. The highest BCUT2D eigenvalue weighted by atomic mass is 19.1. The van der Waals surface area contributed by atoms with E-state index in [9.17, 15) is 8.78 Å². The first-order valence-corrected chi connectivity index (χ1v) is 6.10. The van der Waals surface area contributed by atoms with E-state index in [0.29, 0.717) is 17.9 Å². The van der Waals surface area contributed by atoms with Gasteiger partial charge in [0.05, 0.1) is 12.2 Å². The van der Waals surface area contributed by atoms with Gasteiger partial charge in [-0.25, -0.2) is 8.78 Å². The summed E-state index contributed by atoms with van der Waals surface area (Å²) in [7, 11) is 0. The maximum Gasteiger partial charge on any atom is 0.144 e. The van der Waals surface area contributed by atoms with E-state index < -0.39 is 17.7 Å². The molecule has 0 saturated heterocycles. The van der Waals surface area contributed by atoms with Gasteiger partial charge in [-0.05, 0) is 36.8 Å². The third-order valence-corrected chi connectivity index (χ3v) is 3.26. The number of anilines is 1. The lowest BCUT2D eigenvalue weighted by molar-refractivity contribution is 0.204. The van der Waals surface area contributed by atoms with E-state index in [4.69, 9.17) is 4.74 Å². The molecule has 1 atom stereocenters. The molecule has 1 N–H and O–H groups in total. The van der Waals surface area contributed by atoms with Gasteiger partial charge in [0.2, 0.25) is 0 Å². The first-order chi connectivity index (χ1) is 9.15. The molecule has 0 spiro atoms. The van der Waals surface area contributed by atoms with Crippen molar-refractivity contribution in [2.75, 3.05) is 11.9 Å². The molecule has 2 nitrogen and oxygen atoms in total. The number of hydrogen-bond donors (Lipinski definition) is 1. The Hall–Kier alpha value is -2.10. The number of nitrogens with one attached hydrogen (secondary N) is 1. The topological polar surface area (TPSA) is 21.3 Å². The molecule has 1 unspecified atom stereocenters. The molecule has 1 aliphatic rings. The van der Waals surface area contributed by atoms with Crippen LogP contribution >= 0.6 is 0 Å². The van der Waals surface area contributed by atoms with Crippen molar-refractivity contribution < 1.29 is 13.5 Å². The lowest BCUT2D eigenvalue weighted by atomic mass is 10.0. The summed E-state index contributed by atoms with van der Waals surface area (Å²) in [6, 6.07) is 9.84. The van der Waals surface area contributed by atoms with Crippen LogP contribution < -0.4 is 10.1 Å². The minimum Gasteiger partial charge on any atom is -0.482 e. The fourth-order valence-electron chi connectivity index (χ4n) is 2.19. The molecule has 19 heavy (non-hydrogen) atoms. The zero-order chi connectivity index (χ0) is 13.4.